The molecule has 0 spiro atoms. The Morgan fingerprint density at radius 1 is 1.42 bits per heavy atom. The van der Waals surface area contributed by atoms with E-state index in [0.717, 1.165) is 0 Å². The summed E-state index contributed by atoms with van der Waals surface area (Å²) in [6.45, 7) is 8.65. The fourth-order valence-electron chi connectivity index (χ4n) is 1.97. The van der Waals surface area contributed by atoms with Crippen molar-refractivity contribution in [1.29, 1.82) is 0 Å². The summed E-state index contributed by atoms with van der Waals surface area (Å²) in [7, 11) is 2.08. The number of rotatable bonds is 1. The number of ether oxygens (including phenoxy) is 1. The third kappa shape index (κ3) is 1.19. The van der Waals surface area contributed by atoms with Crippen LogP contribution in [0.15, 0.2) is 0 Å². The smallest absolute Gasteiger partial charge is 0.139 e. The Kier molecular flexibility index (Phi) is 2.30. The Balaban J connectivity index is 2.90. The summed E-state index contributed by atoms with van der Waals surface area (Å²) in [4.78, 5) is 0. The predicted molar refractivity (Wildman–Crippen MR) is 51.9 cm³/mol. The highest BCUT2D eigenvalue weighted by Gasteiger charge is 2.52. The summed E-state index contributed by atoms with van der Waals surface area (Å²) >= 11 is 0. The van der Waals surface area contributed by atoms with Crippen LogP contribution in [0.5, 0.6) is 0 Å². The number of hydrogen-bond acceptors (Lipinski definition) is 2. The lowest BCUT2D eigenvalue weighted by Crippen LogP contribution is -2.37. The minimum atomic E-state index is -0.344. The molecule has 0 unspecified atom stereocenters. The van der Waals surface area contributed by atoms with Crippen molar-refractivity contribution in [2.24, 2.45) is 11.3 Å². The zero-order valence-corrected chi connectivity index (χ0v) is 8.72. The summed E-state index contributed by atoms with van der Waals surface area (Å²) in [6, 6.07) is 0.227. The van der Waals surface area contributed by atoms with Crippen molar-refractivity contribution < 1.29 is 9.84 Å². The van der Waals surface area contributed by atoms with E-state index < -0.39 is 0 Å². The van der Waals surface area contributed by atoms with Crippen molar-refractivity contribution in [2.45, 2.75) is 39.3 Å². The molecule has 1 aliphatic heterocycles. The molecule has 0 aliphatic carbocycles. The lowest BCUT2D eigenvalue weighted by atomic mass is 9.67. The first kappa shape index (κ1) is 10.1. The maximum absolute atomic E-state index is 9.22. The maximum atomic E-state index is 9.22. The van der Waals surface area contributed by atoms with Gasteiger partial charge in [-0.2, -0.15) is 0 Å². The minimum Gasteiger partial charge on any atom is -0.393 e. The van der Waals surface area contributed by atoms with Gasteiger partial charge in [0.05, 0.1) is 12.2 Å². The van der Waals surface area contributed by atoms with Gasteiger partial charge in [-0.05, 0) is 18.3 Å². The first-order valence-corrected chi connectivity index (χ1v) is 4.63. The van der Waals surface area contributed by atoms with Crippen LogP contribution in [-0.4, -0.2) is 31.2 Å². The highest BCUT2D eigenvalue weighted by Crippen LogP contribution is 2.47. The van der Waals surface area contributed by atoms with Gasteiger partial charge >= 0.3 is 0 Å². The van der Waals surface area contributed by atoms with Crippen molar-refractivity contribution in [3.8, 4) is 0 Å². The molecule has 70 valence electrons. The topological polar surface area (TPSA) is 29.5 Å². The summed E-state index contributed by atoms with van der Waals surface area (Å²) in [6.07, 6.45) is 0. The fourth-order valence-corrected chi connectivity index (χ4v) is 1.97. The molecular weight excluding hydrogens is 151 g/mol. The Bertz CT molecular complexity index is 181. The second-order valence-corrected chi connectivity index (χ2v) is 4.77. The Morgan fingerprint density at radius 3 is 2.08 bits per heavy atom. The average molecular weight is 170 g/mol. The van der Waals surface area contributed by atoms with Gasteiger partial charge in [0.25, 0.3) is 0 Å². The van der Waals surface area contributed by atoms with Gasteiger partial charge in [0.2, 0.25) is 0 Å². The van der Waals surface area contributed by atoms with Gasteiger partial charge in [-0.15, -0.1) is 0 Å². The highest BCUT2D eigenvalue weighted by atomic mass is 16.5. The number of aliphatic hydroxyl groups excluding tert-OH is 1. The molecule has 3 atom stereocenters. The molecule has 0 amide bonds. The molecular formula is C9H19BO2. The molecule has 0 aromatic rings. The van der Waals surface area contributed by atoms with E-state index in [-0.39, 0.29) is 23.6 Å². The molecule has 12 heavy (non-hydrogen) atoms. The van der Waals surface area contributed by atoms with E-state index in [2.05, 4.69) is 28.6 Å². The lowest BCUT2D eigenvalue weighted by Gasteiger charge is -2.31. The standard InChI is InChI=1S/C9H19BO2/c1-6-8(2,3)7(10)12-9(6,4)5-11/h6-7,11H,5,10H2,1-4H3/t6-,7+,9+/m0/s1. The molecule has 1 N–H and O–H groups in total. The van der Waals surface area contributed by atoms with Gasteiger partial charge in [0.1, 0.15) is 7.85 Å². The minimum absolute atomic E-state index is 0.113. The SMILES string of the molecule is B[C@@H]1O[C@](C)(CO)[C@@H](C)C1(C)C. The summed E-state index contributed by atoms with van der Waals surface area (Å²) in [5, 5.41) is 9.22. The lowest BCUT2D eigenvalue weighted by molar-refractivity contribution is -0.0545. The van der Waals surface area contributed by atoms with Crippen molar-refractivity contribution in [2.75, 3.05) is 6.61 Å². The van der Waals surface area contributed by atoms with Crippen LogP contribution in [0.3, 0.4) is 0 Å². The van der Waals surface area contributed by atoms with Crippen LogP contribution in [0.25, 0.3) is 0 Å². The fraction of sp³-hybridized carbons (Fsp3) is 1.00. The zero-order chi connectivity index (χ0) is 9.57. The average Bonchev–Trinajstić information content (AvgIpc) is 2.14. The van der Waals surface area contributed by atoms with Crippen LogP contribution in [-0.2, 0) is 4.74 Å². The molecule has 0 radical (unpaired) electrons. The van der Waals surface area contributed by atoms with Crippen LogP contribution in [0.2, 0.25) is 0 Å². The first-order valence-electron chi connectivity index (χ1n) is 4.63. The van der Waals surface area contributed by atoms with Gasteiger partial charge in [-0.25, -0.2) is 0 Å². The van der Waals surface area contributed by atoms with Crippen LogP contribution in [0.1, 0.15) is 27.7 Å². The quantitative estimate of drug-likeness (QED) is 0.577. The van der Waals surface area contributed by atoms with E-state index in [0.29, 0.717) is 5.92 Å². The van der Waals surface area contributed by atoms with Gasteiger partial charge in [0.15, 0.2) is 0 Å². The van der Waals surface area contributed by atoms with E-state index >= 15 is 0 Å². The molecule has 1 aliphatic rings. The second kappa shape index (κ2) is 2.74. The van der Waals surface area contributed by atoms with Crippen LogP contribution in [0, 0.1) is 11.3 Å². The molecule has 1 saturated heterocycles. The molecule has 1 fully saturated rings. The third-order valence-corrected chi connectivity index (χ3v) is 3.84. The summed E-state index contributed by atoms with van der Waals surface area (Å²) in [5.74, 6) is 0.394. The maximum Gasteiger partial charge on any atom is 0.139 e. The number of hydrogen-bond donors (Lipinski definition) is 1. The van der Waals surface area contributed by atoms with E-state index in [1.165, 1.54) is 0 Å². The Hall–Kier alpha value is -0.0151. The van der Waals surface area contributed by atoms with Gasteiger partial charge in [-0.1, -0.05) is 20.8 Å². The molecule has 3 heteroatoms. The monoisotopic (exact) mass is 170 g/mol. The molecule has 0 saturated carbocycles. The van der Waals surface area contributed by atoms with Crippen molar-refractivity contribution in [3.05, 3.63) is 0 Å². The largest absolute Gasteiger partial charge is 0.393 e. The molecule has 0 aromatic carbocycles. The van der Waals surface area contributed by atoms with Crippen molar-refractivity contribution in [1.82, 2.24) is 0 Å². The third-order valence-electron chi connectivity index (χ3n) is 3.84. The van der Waals surface area contributed by atoms with E-state index in [1.807, 2.05) is 6.92 Å². The van der Waals surface area contributed by atoms with Crippen LogP contribution in [0.4, 0.5) is 0 Å². The molecule has 1 rings (SSSR count). The molecule has 0 aromatic heterocycles. The van der Waals surface area contributed by atoms with E-state index in [9.17, 15) is 5.11 Å². The van der Waals surface area contributed by atoms with Crippen molar-refractivity contribution >= 4 is 7.85 Å². The first-order chi connectivity index (χ1) is 5.34. The summed E-state index contributed by atoms with van der Waals surface area (Å²) in [5.41, 5.74) is -0.180. The second-order valence-electron chi connectivity index (χ2n) is 4.77. The van der Waals surface area contributed by atoms with Gasteiger partial charge < -0.3 is 9.84 Å². The molecule has 0 bridgehead atoms. The highest BCUT2D eigenvalue weighted by molar-refractivity contribution is 6.11. The molecule has 1 heterocycles. The summed E-state index contributed by atoms with van der Waals surface area (Å²) < 4.78 is 5.78. The number of aliphatic hydroxyl groups is 1. The van der Waals surface area contributed by atoms with Crippen LogP contribution >= 0.6 is 0 Å². The predicted octanol–water partition coefficient (Wildman–Crippen LogP) is 0.389. The van der Waals surface area contributed by atoms with E-state index in [1.54, 1.807) is 0 Å². The Morgan fingerprint density at radius 2 is 1.92 bits per heavy atom. The zero-order valence-electron chi connectivity index (χ0n) is 8.72. The molecule has 2 nitrogen and oxygen atoms in total. The van der Waals surface area contributed by atoms with Gasteiger partial charge in [-0.3, -0.25) is 0 Å². The van der Waals surface area contributed by atoms with Crippen molar-refractivity contribution in [3.63, 3.8) is 0 Å². The van der Waals surface area contributed by atoms with Crippen LogP contribution < -0.4 is 0 Å². The Labute approximate surface area is 75.7 Å². The normalized spacial score (nSPS) is 46.4. The van der Waals surface area contributed by atoms with E-state index in [4.69, 9.17) is 4.74 Å². The van der Waals surface area contributed by atoms with Gasteiger partial charge in [0, 0.05) is 6.00 Å².